The molecule has 5 heteroatoms. The molecule has 1 aliphatic heterocycles. The monoisotopic (exact) mass is 270 g/mol. The van der Waals surface area contributed by atoms with E-state index in [9.17, 15) is 8.78 Å². The predicted octanol–water partition coefficient (Wildman–Crippen LogP) is 1.78. The van der Waals surface area contributed by atoms with Crippen LogP contribution in [0, 0.1) is 11.6 Å². The molecule has 0 aromatic heterocycles. The number of morpholine rings is 1. The van der Waals surface area contributed by atoms with Crippen LogP contribution in [0.1, 0.15) is 12.5 Å². The summed E-state index contributed by atoms with van der Waals surface area (Å²) in [5.41, 5.74) is 0.0886. The number of benzene rings is 1. The van der Waals surface area contributed by atoms with E-state index in [2.05, 4.69) is 17.1 Å². The van der Waals surface area contributed by atoms with Crippen molar-refractivity contribution in [1.82, 2.24) is 10.2 Å². The van der Waals surface area contributed by atoms with E-state index in [0.717, 1.165) is 19.6 Å². The maximum absolute atomic E-state index is 13.4. The second-order valence-corrected chi connectivity index (χ2v) is 4.72. The van der Waals surface area contributed by atoms with Crippen LogP contribution in [-0.4, -0.2) is 43.8 Å². The van der Waals surface area contributed by atoms with E-state index in [-0.39, 0.29) is 18.2 Å². The van der Waals surface area contributed by atoms with Gasteiger partial charge in [0.05, 0.1) is 12.7 Å². The lowest BCUT2D eigenvalue weighted by atomic mass is 10.2. The molecule has 19 heavy (non-hydrogen) atoms. The summed E-state index contributed by atoms with van der Waals surface area (Å²) in [5, 5.41) is 3.07. The average Bonchev–Trinajstić information content (AvgIpc) is 2.42. The van der Waals surface area contributed by atoms with Gasteiger partial charge < -0.3 is 10.1 Å². The first-order valence-electron chi connectivity index (χ1n) is 6.68. The summed E-state index contributed by atoms with van der Waals surface area (Å²) in [5.74, 6) is -1.01. The van der Waals surface area contributed by atoms with Gasteiger partial charge in [0.25, 0.3) is 0 Å². The molecule has 0 bridgehead atoms. The molecule has 1 aromatic carbocycles. The summed E-state index contributed by atoms with van der Waals surface area (Å²) >= 11 is 0. The number of nitrogens with zero attached hydrogens (tertiary/aromatic N) is 1. The highest BCUT2D eigenvalue weighted by Gasteiger charge is 2.19. The number of hydrogen-bond donors (Lipinski definition) is 1. The van der Waals surface area contributed by atoms with Crippen LogP contribution in [0.25, 0.3) is 0 Å². The largest absolute Gasteiger partial charge is 0.374 e. The Morgan fingerprint density at radius 3 is 2.79 bits per heavy atom. The van der Waals surface area contributed by atoms with Crippen molar-refractivity contribution in [1.29, 1.82) is 0 Å². The molecule has 0 saturated carbocycles. The Hall–Kier alpha value is -1.04. The predicted molar refractivity (Wildman–Crippen MR) is 69.9 cm³/mol. The molecule has 1 aliphatic rings. The molecule has 1 heterocycles. The number of halogens is 2. The molecular weight excluding hydrogens is 250 g/mol. The number of rotatable bonds is 5. The van der Waals surface area contributed by atoms with Crippen LogP contribution in [0.5, 0.6) is 0 Å². The van der Waals surface area contributed by atoms with Gasteiger partial charge in [-0.15, -0.1) is 0 Å². The molecule has 106 valence electrons. The van der Waals surface area contributed by atoms with Crippen LogP contribution in [0.3, 0.4) is 0 Å². The molecule has 0 aliphatic carbocycles. The maximum Gasteiger partial charge on any atom is 0.130 e. The maximum atomic E-state index is 13.4. The van der Waals surface area contributed by atoms with Crippen molar-refractivity contribution in [3.05, 3.63) is 35.4 Å². The molecule has 3 nitrogen and oxygen atoms in total. The van der Waals surface area contributed by atoms with Crippen molar-refractivity contribution in [3.8, 4) is 0 Å². The highest BCUT2D eigenvalue weighted by molar-refractivity contribution is 5.19. The van der Waals surface area contributed by atoms with Gasteiger partial charge in [0.2, 0.25) is 0 Å². The van der Waals surface area contributed by atoms with E-state index in [1.807, 2.05) is 0 Å². The zero-order valence-electron chi connectivity index (χ0n) is 11.2. The van der Waals surface area contributed by atoms with Crippen LogP contribution >= 0.6 is 0 Å². The Labute approximate surface area is 112 Å². The third-order valence-electron chi connectivity index (χ3n) is 3.41. The summed E-state index contributed by atoms with van der Waals surface area (Å²) in [6.07, 6.45) is 0.0866. The number of nitrogens with one attached hydrogen (secondary N) is 1. The van der Waals surface area contributed by atoms with Gasteiger partial charge in [-0.2, -0.15) is 0 Å². The van der Waals surface area contributed by atoms with Crippen molar-refractivity contribution in [2.75, 3.05) is 32.8 Å². The fourth-order valence-corrected chi connectivity index (χ4v) is 2.25. The Balaban J connectivity index is 1.80. The van der Waals surface area contributed by atoms with Gasteiger partial charge in [-0.3, -0.25) is 4.90 Å². The molecule has 0 radical (unpaired) electrons. The summed E-state index contributed by atoms with van der Waals surface area (Å²) in [7, 11) is 0. The molecule has 0 amide bonds. The lowest BCUT2D eigenvalue weighted by Crippen LogP contribution is -2.46. The lowest BCUT2D eigenvalue weighted by Gasteiger charge is -2.32. The average molecular weight is 270 g/mol. The van der Waals surface area contributed by atoms with E-state index < -0.39 is 11.6 Å². The molecule has 1 N–H and O–H groups in total. The van der Waals surface area contributed by atoms with Crippen molar-refractivity contribution in [2.45, 2.75) is 19.6 Å². The van der Waals surface area contributed by atoms with Crippen LogP contribution in [0.2, 0.25) is 0 Å². The molecule has 1 atom stereocenters. The van der Waals surface area contributed by atoms with Crippen molar-refractivity contribution in [3.63, 3.8) is 0 Å². The fourth-order valence-electron chi connectivity index (χ4n) is 2.25. The number of hydrogen-bond acceptors (Lipinski definition) is 3. The van der Waals surface area contributed by atoms with Crippen molar-refractivity contribution in [2.24, 2.45) is 0 Å². The normalized spacial score (nSPS) is 20.7. The minimum Gasteiger partial charge on any atom is -0.374 e. The Morgan fingerprint density at radius 1 is 1.37 bits per heavy atom. The summed E-state index contributed by atoms with van der Waals surface area (Å²) in [4.78, 5) is 2.31. The van der Waals surface area contributed by atoms with E-state index >= 15 is 0 Å². The second kappa shape index (κ2) is 6.93. The van der Waals surface area contributed by atoms with Gasteiger partial charge in [0, 0.05) is 31.7 Å². The van der Waals surface area contributed by atoms with Gasteiger partial charge in [-0.1, -0.05) is 13.0 Å². The number of ether oxygens (including phenoxy) is 1. The van der Waals surface area contributed by atoms with Gasteiger partial charge in [0.1, 0.15) is 11.6 Å². The first kappa shape index (κ1) is 14.4. The summed E-state index contributed by atoms with van der Waals surface area (Å²) in [6, 6.07) is 3.92. The van der Waals surface area contributed by atoms with Gasteiger partial charge >= 0.3 is 0 Å². The van der Waals surface area contributed by atoms with Crippen LogP contribution in [0.15, 0.2) is 18.2 Å². The van der Waals surface area contributed by atoms with Crippen molar-refractivity contribution >= 4 is 0 Å². The standard InChI is InChI=1S/C14H20F2N2O/c1-2-18-6-7-19-11(10-18)8-17-9-12-13(15)4-3-5-14(12)16/h3-5,11,17H,2,6-10H2,1H3. The highest BCUT2D eigenvalue weighted by atomic mass is 19.1. The zero-order chi connectivity index (χ0) is 13.7. The third-order valence-corrected chi connectivity index (χ3v) is 3.41. The minimum absolute atomic E-state index is 0.0866. The molecule has 0 spiro atoms. The Kier molecular flexibility index (Phi) is 5.24. The zero-order valence-corrected chi connectivity index (χ0v) is 11.2. The molecule has 1 fully saturated rings. The topological polar surface area (TPSA) is 24.5 Å². The van der Waals surface area contributed by atoms with E-state index in [4.69, 9.17) is 4.74 Å². The SMILES string of the molecule is CCN1CCOC(CNCc2c(F)cccc2F)C1. The summed E-state index contributed by atoms with van der Waals surface area (Å²) < 4.78 is 32.4. The van der Waals surface area contributed by atoms with Crippen LogP contribution < -0.4 is 5.32 Å². The molecule has 1 aromatic rings. The van der Waals surface area contributed by atoms with E-state index in [1.165, 1.54) is 18.2 Å². The molecule has 1 unspecified atom stereocenters. The van der Waals surface area contributed by atoms with E-state index in [0.29, 0.717) is 13.2 Å². The van der Waals surface area contributed by atoms with Gasteiger partial charge in [0.15, 0.2) is 0 Å². The van der Waals surface area contributed by atoms with Crippen molar-refractivity contribution < 1.29 is 13.5 Å². The first-order valence-corrected chi connectivity index (χ1v) is 6.68. The lowest BCUT2D eigenvalue weighted by molar-refractivity contribution is -0.0254. The second-order valence-electron chi connectivity index (χ2n) is 4.72. The molecule has 1 saturated heterocycles. The number of likely N-dealkylation sites (N-methyl/N-ethyl adjacent to an activating group) is 1. The van der Waals surface area contributed by atoms with Crippen LogP contribution in [0.4, 0.5) is 8.78 Å². The molecule has 2 rings (SSSR count). The highest BCUT2D eigenvalue weighted by Crippen LogP contribution is 2.11. The third kappa shape index (κ3) is 3.96. The Bertz CT molecular complexity index is 394. The molecular formula is C14H20F2N2O. The quantitative estimate of drug-likeness (QED) is 0.882. The summed E-state index contributed by atoms with van der Waals surface area (Å²) in [6.45, 7) is 6.44. The Morgan fingerprint density at radius 2 is 2.11 bits per heavy atom. The van der Waals surface area contributed by atoms with Crippen LogP contribution in [-0.2, 0) is 11.3 Å². The smallest absolute Gasteiger partial charge is 0.130 e. The fraction of sp³-hybridized carbons (Fsp3) is 0.571. The van der Waals surface area contributed by atoms with Gasteiger partial charge in [-0.25, -0.2) is 8.78 Å². The minimum atomic E-state index is -0.507. The first-order chi connectivity index (χ1) is 9.20. The van der Waals surface area contributed by atoms with E-state index in [1.54, 1.807) is 0 Å². The van der Waals surface area contributed by atoms with Gasteiger partial charge in [-0.05, 0) is 18.7 Å².